The smallest absolute Gasteiger partial charge is 0.226 e. The zero-order valence-electron chi connectivity index (χ0n) is 12.3. The maximum atomic E-state index is 5.61. The molecule has 2 aromatic rings. The number of pyridine rings is 1. The molecule has 0 fully saturated rings. The van der Waals surface area contributed by atoms with Gasteiger partial charge in [-0.3, -0.25) is 4.98 Å². The van der Waals surface area contributed by atoms with E-state index in [4.69, 9.17) is 4.74 Å². The minimum Gasteiger partial charge on any atom is -0.475 e. The third-order valence-electron chi connectivity index (χ3n) is 2.76. The highest BCUT2D eigenvalue weighted by Crippen LogP contribution is 2.14. The number of aryl methyl sites for hydroxylation is 2. The summed E-state index contributed by atoms with van der Waals surface area (Å²) in [7, 11) is 0. The molecule has 20 heavy (non-hydrogen) atoms. The van der Waals surface area contributed by atoms with Crippen LogP contribution in [0.4, 0.5) is 5.95 Å². The van der Waals surface area contributed by atoms with Crippen LogP contribution >= 0.6 is 0 Å². The molecule has 0 spiro atoms. The minimum absolute atomic E-state index is 0.0968. The standard InChI is InChI=1S/C15H20N4O/c1-10(2)20-14-7-12(4)18-15(19-14)17-9-13-5-6-16-8-11(13)3/h5-8,10H,9H2,1-4H3,(H,17,18,19). The number of nitrogens with one attached hydrogen (secondary N) is 1. The van der Waals surface area contributed by atoms with E-state index in [-0.39, 0.29) is 6.10 Å². The Hall–Kier alpha value is -2.17. The van der Waals surface area contributed by atoms with E-state index in [2.05, 4.69) is 20.3 Å². The Bertz CT molecular complexity index is 584. The van der Waals surface area contributed by atoms with Gasteiger partial charge in [0.05, 0.1) is 6.10 Å². The number of rotatable bonds is 5. The van der Waals surface area contributed by atoms with Crippen molar-refractivity contribution in [1.82, 2.24) is 15.0 Å². The van der Waals surface area contributed by atoms with Crippen molar-refractivity contribution in [3.05, 3.63) is 41.3 Å². The predicted octanol–water partition coefficient (Wildman–Crippen LogP) is 2.89. The second kappa shape index (κ2) is 6.32. The van der Waals surface area contributed by atoms with E-state index in [9.17, 15) is 0 Å². The molecule has 0 saturated carbocycles. The average molecular weight is 272 g/mol. The van der Waals surface area contributed by atoms with Gasteiger partial charge in [-0.2, -0.15) is 4.98 Å². The summed E-state index contributed by atoms with van der Waals surface area (Å²) in [6.45, 7) is 8.58. The molecule has 1 N–H and O–H groups in total. The average Bonchev–Trinajstić information content (AvgIpc) is 2.36. The molecule has 0 bridgehead atoms. The molecule has 0 aliphatic carbocycles. The summed E-state index contributed by atoms with van der Waals surface area (Å²) >= 11 is 0. The molecule has 0 unspecified atom stereocenters. The number of aromatic nitrogens is 3. The SMILES string of the molecule is Cc1cc(OC(C)C)nc(NCc2ccncc2C)n1. The highest BCUT2D eigenvalue weighted by atomic mass is 16.5. The van der Waals surface area contributed by atoms with Gasteiger partial charge in [0.2, 0.25) is 11.8 Å². The maximum Gasteiger partial charge on any atom is 0.226 e. The Kier molecular flexibility index (Phi) is 4.50. The van der Waals surface area contributed by atoms with Crippen LogP contribution in [0.25, 0.3) is 0 Å². The molecule has 0 atom stereocenters. The number of nitrogens with zero attached hydrogens (tertiary/aromatic N) is 3. The van der Waals surface area contributed by atoms with Crippen molar-refractivity contribution in [2.24, 2.45) is 0 Å². The lowest BCUT2D eigenvalue weighted by Crippen LogP contribution is -2.10. The highest BCUT2D eigenvalue weighted by Gasteiger charge is 2.05. The third kappa shape index (κ3) is 3.91. The summed E-state index contributed by atoms with van der Waals surface area (Å²) in [4.78, 5) is 12.8. The Morgan fingerprint density at radius 1 is 1.25 bits per heavy atom. The second-order valence-electron chi connectivity index (χ2n) is 4.99. The topological polar surface area (TPSA) is 59.9 Å². The van der Waals surface area contributed by atoms with Gasteiger partial charge in [0, 0.05) is 30.7 Å². The van der Waals surface area contributed by atoms with E-state index in [1.54, 1.807) is 6.20 Å². The number of hydrogen-bond acceptors (Lipinski definition) is 5. The van der Waals surface area contributed by atoms with Crippen molar-refractivity contribution >= 4 is 5.95 Å². The van der Waals surface area contributed by atoms with E-state index < -0.39 is 0 Å². The van der Waals surface area contributed by atoms with Crippen LogP contribution in [0.3, 0.4) is 0 Å². The van der Waals surface area contributed by atoms with Crippen LogP contribution < -0.4 is 10.1 Å². The molecule has 0 saturated heterocycles. The monoisotopic (exact) mass is 272 g/mol. The van der Waals surface area contributed by atoms with Crippen LogP contribution in [-0.2, 0) is 6.54 Å². The van der Waals surface area contributed by atoms with Crippen molar-refractivity contribution in [2.75, 3.05) is 5.32 Å². The summed E-state index contributed by atoms with van der Waals surface area (Å²) in [5, 5.41) is 3.23. The molecule has 106 valence electrons. The van der Waals surface area contributed by atoms with Gasteiger partial charge in [-0.15, -0.1) is 0 Å². The molecule has 0 amide bonds. The molecule has 0 aliphatic heterocycles. The van der Waals surface area contributed by atoms with Crippen molar-refractivity contribution in [1.29, 1.82) is 0 Å². The van der Waals surface area contributed by atoms with Gasteiger partial charge < -0.3 is 10.1 Å². The van der Waals surface area contributed by atoms with E-state index in [1.807, 2.05) is 46.0 Å². The first-order valence-corrected chi connectivity index (χ1v) is 6.70. The lowest BCUT2D eigenvalue weighted by Gasteiger charge is -2.12. The first-order valence-electron chi connectivity index (χ1n) is 6.70. The van der Waals surface area contributed by atoms with Crippen LogP contribution in [0, 0.1) is 13.8 Å². The van der Waals surface area contributed by atoms with Crippen LogP contribution in [0.15, 0.2) is 24.5 Å². The molecule has 5 heteroatoms. The molecule has 5 nitrogen and oxygen atoms in total. The fourth-order valence-electron chi connectivity index (χ4n) is 1.80. The summed E-state index contributed by atoms with van der Waals surface area (Å²) in [5.74, 6) is 1.18. The summed E-state index contributed by atoms with van der Waals surface area (Å²) in [6.07, 6.45) is 3.73. The van der Waals surface area contributed by atoms with E-state index >= 15 is 0 Å². The number of ether oxygens (including phenoxy) is 1. The third-order valence-corrected chi connectivity index (χ3v) is 2.76. The first kappa shape index (κ1) is 14.2. The molecule has 0 aliphatic rings. The van der Waals surface area contributed by atoms with Crippen molar-refractivity contribution in [3.8, 4) is 5.88 Å². The lowest BCUT2D eigenvalue weighted by atomic mass is 10.1. The first-order chi connectivity index (χ1) is 9.54. The maximum absolute atomic E-state index is 5.61. The van der Waals surface area contributed by atoms with E-state index in [1.165, 1.54) is 5.56 Å². The van der Waals surface area contributed by atoms with E-state index in [0.29, 0.717) is 18.4 Å². The highest BCUT2D eigenvalue weighted by molar-refractivity contribution is 5.33. The fraction of sp³-hybridized carbons (Fsp3) is 0.400. The molecular weight excluding hydrogens is 252 g/mol. The normalized spacial score (nSPS) is 10.7. The summed E-state index contributed by atoms with van der Waals surface area (Å²) in [6, 6.07) is 3.83. The fourth-order valence-corrected chi connectivity index (χ4v) is 1.80. The van der Waals surface area contributed by atoms with Gasteiger partial charge >= 0.3 is 0 Å². The van der Waals surface area contributed by atoms with Gasteiger partial charge in [-0.1, -0.05) is 0 Å². The van der Waals surface area contributed by atoms with Gasteiger partial charge in [-0.05, 0) is 44.9 Å². The Morgan fingerprint density at radius 3 is 2.75 bits per heavy atom. The minimum atomic E-state index is 0.0968. The molecule has 0 aromatic carbocycles. The van der Waals surface area contributed by atoms with Gasteiger partial charge in [-0.25, -0.2) is 4.98 Å². The zero-order chi connectivity index (χ0) is 14.5. The Balaban J connectivity index is 2.09. The van der Waals surface area contributed by atoms with Crippen LogP contribution in [-0.4, -0.2) is 21.1 Å². The van der Waals surface area contributed by atoms with Crippen molar-refractivity contribution in [3.63, 3.8) is 0 Å². The second-order valence-corrected chi connectivity index (χ2v) is 4.99. The van der Waals surface area contributed by atoms with Crippen molar-refractivity contribution < 1.29 is 4.74 Å². The van der Waals surface area contributed by atoms with Gasteiger partial charge in [0.1, 0.15) is 0 Å². The van der Waals surface area contributed by atoms with Gasteiger partial charge in [0.25, 0.3) is 0 Å². The van der Waals surface area contributed by atoms with Crippen LogP contribution in [0.5, 0.6) is 5.88 Å². The summed E-state index contributed by atoms with van der Waals surface area (Å²) in [5.41, 5.74) is 3.20. The van der Waals surface area contributed by atoms with Crippen LogP contribution in [0.1, 0.15) is 30.7 Å². The number of anilines is 1. The molecule has 0 radical (unpaired) electrons. The quantitative estimate of drug-likeness (QED) is 0.907. The van der Waals surface area contributed by atoms with Gasteiger partial charge in [0.15, 0.2) is 0 Å². The lowest BCUT2D eigenvalue weighted by molar-refractivity contribution is 0.232. The molecule has 2 aromatic heterocycles. The number of hydrogen-bond donors (Lipinski definition) is 1. The predicted molar refractivity (Wildman–Crippen MR) is 78.8 cm³/mol. The van der Waals surface area contributed by atoms with Crippen LogP contribution in [0.2, 0.25) is 0 Å². The Labute approximate surface area is 119 Å². The molecule has 2 heterocycles. The molecule has 2 rings (SSSR count). The van der Waals surface area contributed by atoms with E-state index in [0.717, 1.165) is 11.3 Å². The summed E-state index contributed by atoms with van der Waals surface area (Å²) < 4.78 is 5.61. The zero-order valence-corrected chi connectivity index (χ0v) is 12.3. The van der Waals surface area contributed by atoms with Crippen molar-refractivity contribution in [2.45, 2.75) is 40.3 Å². The largest absolute Gasteiger partial charge is 0.475 e. The molecular formula is C15H20N4O. The Morgan fingerprint density at radius 2 is 2.05 bits per heavy atom.